The molecule has 7 heteroatoms. The zero-order valence-electron chi connectivity index (χ0n) is 18.2. The Kier molecular flexibility index (Phi) is 6.16. The molecule has 34 heavy (non-hydrogen) atoms. The van der Waals surface area contributed by atoms with Crippen molar-refractivity contribution in [2.45, 2.75) is 6.42 Å². The summed E-state index contributed by atoms with van der Waals surface area (Å²) in [5.41, 5.74) is 3.72. The highest BCUT2D eigenvalue weighted by Crippen LogP contribution is 2.23. The third-order valence-electron chi connectivity index (χ3n) is 5.17. The summed E-state index contributed by atoms with van der Waals surface area (Å²) < 4.78 is 16.3. The second-order valence-electron chi connectivity index (χ2n) is 7.55. The van der Waals surface area contributed by atoms with Crippen LogP contribution in [0.5, 0.6) is 5.75 Å². The van der Waals surface area contributed by atoms with Gasteiger partial charge in [0.2, 0.25) is 11.7 Å². The Labute approximate surface area is 196 Å². The van der Waals surface area contributed by atoms with Crippen molar-refractivity contribution in [2.75, 3.05) is 11.9 Å². The van der Waals surface area contributed by atoms with Crippen molar-refractivity contribution in [1.29, 1.82) is 0 Å². The molecule has 0 saturated heterocycles. The van der Waals surface area contributed by atoms with E-state index in [0.29, 0.717) is 35.3 Å². The van der Waals surface area contributed by atoms with Crippen LogP contribution in [0.15, 0.2) is 106 Å². The summed E-state index contributed by atoms with van der Waals surface area (Å²) in [6, 6.07) is 28.7. The number of hydrogen-bond donors (Lipinski definition) is 1. The summed E-state index contributed by atoms with van der Waals surface area (Å²) in [5.74, 6) is 1.70. The fourth-order valence-corrected chi connectivity index (χ4v) is 3.50. The maximum absolute atomic E-state index is 12.5. The van der Waals surface area contributed by atoms with Gasteiger partial charge in [0.25, 0.3) is 5.91 Å². The van der Waals surface area contributed by atoms with Crippen LogP contribution in [0.25, 0.3) is 22.7 Å². The molecule has 0 unspecified atom stereocenters. The maximum atomic E-state index is 12.5. The molecule has 0 aliphatic heterocycles. The first-order valence-electron chi connectivity index (χ1n) is 10.8. The zero-order chi connectivity index (χ0) is 23.2. The molecule has 5 rings (SSSR count). The molecule has 0 aliphatic rings. The lowest BCUT2D eigenvalue weighted by molar-refractivity contribution is -0.118. The smallest absolute Gasteiger partial charge is 0.262 e. The van der Waals surface area contributed by atoms with E-state index in [2.05, 4.69) is 15.5 Å². The Balaban J connectivity index is 1.19. The normalized spacial score (nSPS) is 10.7. The Morgan fingerprint density at radius 3 is 2.41 bits per heavy atom. The lowest BCUT2D eigenvalue weighted by atomic mass is 10.1. The van der Waals surface area contributed by atoms with E-state index in [9.17, 15) is 4.79 Å². The number of carbonyl (C=O) groups is 1. The predicted octanol–water partition coefficient (Wildman–Crippen LogP) is 5.60. The van der Waals surface area contributed by atoms with Crippen molar-refractivity contribution in [2.24, 2.45) is 0 Å². The Morgan fingerprint density at radius 2 is 1.62 bits per heavy atom. The number of rotatable bonds is 8. The molecule has 0 saturated carbocycles. The SMILES string of the molecule is O=C(COc1ccc(-c2ccccc2)cc1)Nc1ccccc1Cc1nc(-c2ccco2)no1. The molecule has 0 atom stereocenters. The summed E-state index contributed by atoms with van der Waals surface area (Å²) in [6.45, 7) is -0.109. The fourth-order valence-electron chi connectivity index (χ4n) is 3.50. The topological polar surface area (TPSA) is 90.4 Å². The van der Waals surface area contributed by atoms with Crippen LogP contribution in [0, 0.1) is 0 Å². The summed E-state index contributed by atoms with van der Waals surface area (Å²) in [5, 5.41) is 6.85. The number of furan rings is 1. The van der Waals surface area contributed by atoms with Gasteiger partial charge in [-0.3, -0.25) is 4.79 Å². The van der Waals surface area contributed by atoms with Crippen molar-refractivity contribution in [3.63, 3.8) is 0 Å². The Hall–Kier alpha value is -4.65. The van der Waals surface area contributed by atoms with Gasteiger partial charge in [0.1, 0.15) is 5.75 Å². The number of carbonyl (C=O) groups excluding carboxylic acids is 1. The van der Waals surface area contributed by atoms with Crippen LogP contribution in [-0.2, 0) is 11.2 Å². The lowest BCUT2D eigenvalue weighted by Gasteiger charge is -2.11. The lowest BCUT2D eigenvalue weighted by Crippen LogP contribution is -2.21. The molecule has 0 spiro atoms. The zero-order valence-corrected chi connectivity index (χ0v) is 18.2. The van der Waals surface area contributed by atoms with Crippen LogP contribution in [0.3, 0.4) is 0 Å². The molecule has 7 nitrogen and oxygen atoms in total. The molecule has 0 fully saturated rings. The van der Waals surface area contributed by atoms with Crippen LogP contribution in [0.1, 0.15) is 11.5 Å². The number of nitrogens with one attached hydrogen (secondary N) is 1. The van der Waals surface area contributed by atoms with Crippen molar-refractivity contribution in [3.8, 4) is 28.5 Å². The second-order valence-corrected chi connectivity index (χ2v) is 7.55. The van der Waals surface area contributed by atoms with E-state index in [-0.39, 0.29) is 12.5 Å². The highest BCUT2D eigenvalue weighted by molar-refractivity contribution is 5.92. The number of ether oxygens (including phenoxy) is 1. The molecule has 1 N–H and O–H groups in total. The van der Waals surface area contributed by atoms with Crippen molar-refractivity contribution in [1.82, 2.24) is 10.1 Å². The minimum absolute atomic E-state index is 0.109. The molecule has 168 valence electrons. The van der Waals surface area contributed by atoms with Gasteiger partial charge >= 0.3 is 0 Å². The van der Waals surface area contributed by atoms with E-state index in [1.807, 2.05) is 78.9 Å². The first kappa shape index (κ1) is 21.2. The standard InChI is InChI=1S/C27H21N3O4/c31-25(18-33-22-14-12-20(13-15-22)19-7-2-1-3-8-19)28-23-10-5-4-9-21(23)17-26-29-27(30-34-26)24-11-6-16-32-24/h1-16H,17-18H2,(H,28,31). The summed E-state index contributed by atoms with van der Waals surface area (Å²) >= 11 is 0. The number of para-hydroxylation sites is 1. The number of amides is 1. The second kappa shape index (κ2) is 9.87. The molecular formula is C27H21N3O4. The molecule has 0 bridgehead atoms. The van der Waals surface area contributed by atoms with Crippen molar-refractivity contribution in [3.05, 3.63) is 109 Å². The average molecular weight is 451 g/mol. The minimum Gasteiger partial charge on any atom is -0.484 e. The number of benzene rings is 3. The van der Waals surface area contributed by atoms with Gasteiger partial charge in [-0.1, -0.05) is 65.8 Å². The number of hydrogen-bond acceptors (Lipinski definition) is 6. The number of aromatic nitrogens is 2. The molecule has 0 radical (unpaired) electrons. The van der Waals surface area contributed by atoms with E-state index < -0.39 is 0 Å². The molecule has 0 aliphatic carbocycles. The predicted molar refractivity (Wildman–Crippen MR) is 127 cm³/mol. The van der Waals surface area contributed by atoms with Crippen LogP contribution in [0.4, 0.5) is 5.69 Å². The van der Waals surface area contributed by atoms with Gasteiger partial charge in [0.05, 0.1) is 12.7 Å². The summed E-state index contributed by atoms with van der Waals surface area (Å²) in [7, 11) is 0. The molecule has 5 aromatic rings. The summed E-state index contributed by atoms with van der Waals surface area (Å²) in [6.07, 6.45) is 1.92. The monoisotopic (exact) mass is 451 g/mol. The Bertz CT molecular complexity index is 1360. The van der Waals surface area contributed by atoms with Crippen LogP contribution in [-0.4, -0.2) is 22.7 Å². The van der Waals surface area contributed by atoms with Crippen LogP contribution < -0.4 is 10.1 Å². The van der Waals surface area contributed by atoms with Gasteiger partial charge in [-0.05, 0) is 47.0 Å². The highest BCUT2D eigenvalue weighted by atomic mass is 16.5. The van der Waals surface area contributed by atoms with Crippen molar-refractivity contribution >= 4 is 11.6 Å². The third kappa shape index (κ3) is 5.05. The van der Waals surface area contributed by atoms with E-state index in [1.165, 1.54) is 0 Å². The largest absolute Gasteiger partial charge is 0.484 e. The molecule has 2 aromatic heterocycles. The first-order chi connectivity index (χ1) is 16.7. The van der Waals surface area contributed by atoms with E-state index >= 15 is 0 Å². The van der Waals surface area contributed by atoms with Crippen molar-refractivity contribution < 1.29 is 18.5 Å². The van der Waals surface area contributed by atoms with Gasteiger partial charge in [-0.25, -0.2) is 0 Å². The number of nitrogens with zero attached hydrogens (tertiary/aromatic N) is 2. The van der Waals surface area contributed by atoms with Gasteiger partial charge in [0.15, 0.2) is 12.4 Å². The minimum atomic E-state index is -0.263. The van der Waals surface area contributed by atoms with Crippen LogP contribution in [0.2, 0.25) is 0 Å². The quantitative estimate of drug-likeness (QED) is 0.330. The summed E-state index contributed by atoms with van der Waals surface area (Å²) in [4.78, 5) is 16.9. The molecule has 2 heterocycles. The van der Waals surface area contributed by atoms with E-state index in [4.69, 9.17) is 13.7 Å². The molecular weight excluding hydrogens is 430 g/mol. The van der Waals surface area contributed by atoms with E-state index in [1.54, 1.807) is 18.4 Å². The van der Waals surface area contributed by atoms with Gasteiger partial charge in [-0.2, -0.15) is 4.98 Å². The highest BCUT2D eigenvalue weighted by Gasteiger charge is 2.14. The molecule has 1 amide bonds. The Morgan fingerprint density at radius 1 is 0.853 bits per heavy atom. The van der Waals surface area contributed by atoms with E-state index in [0.717, 1.165) is 16.7 Å². The molecule has 3 aromatic carbocycles. The first-order valence-corrected chi connectivity index (χ1v) is 10.8. The third-order valence-corrected chi connectivity index (χ3v) is 5.17. The number of anilines is 1. The van der Waals surface area contributed by atoms with Gasteiger partial charge in [0, 0.05) is 5.69 Å². The maximum Gasteiger partial charge on any atom is 0.262 e. The average Bonchev–Trinajstić information content (AvgIpc) is 3.57. The fraction of sp³-hybridized carbons (Fsp3) is 0.0741. The van der Waals surface area contributed by atoms with Gasteiger partial charge < -0.3 is 19.0 Å². The van der Waals surface area contributed by atoms with Gasteiger partial charge in [-0.15, -0.1) is 0 Å². The van der Waals surface area contributed by atoms with Crippen LogP contribution >= 0.6 is 0 Å².